The molecule has 1 N–H and O–H groups in total. The molecule has 0 aliphatic carbocycles. The van der Waals surface area contributed by atoms with Gasteiger partial charge in [-0.05, 0) is 38.0 Å². The molecule has 1 aromatic carbocycles. The number of carbonyl (C=O) groups excluding carboxylic acids is 1. The number of aryl methyl sites for hydroxylation is 3. The summed E-state index contributed by atoms with van der Waals surface area (Å²) in [6.45, 7) is 3.45. The van der Waals surface area contributed by atoms with Crippen LogP contribution in [-0.4, -0.2) is 42.9 Å². The monoisotopic (exact) mass is 366 g/mol. The van der Waals surface area contributed by atoms with Crippen LogP contribution in [-0.2, 0) is 21.2 Å². The number of amides is 1. The third kappa shape index (κ3) is 4.86. The first-order chi connectivity index (χ1) is 11.7. The topological polar surface area (TPSA) is 105 Å². The molecule has 0 spiro atoms. The van der Waals surface area contributed by atoms with E-state index in [-0.39, 0.29) is 17.2 Å². The lowest BCUT2D eigenvalue weighted by atomic mass is 10.2. The van der Waals surface area contributed by atoms with E-state index in [4.69, 9.17) is 4.52 Å². The summed E-state index contributed by atoms with van der Waals surface area (Å²) in [7, 11) is -0.619. The van der Waals surface area contributed by atoms with Crippen molar-refractivity contribution in [2.75, 3.05) is 19.4 Å². The van der Waals surface area contributed by atoms with Crippen LogP contribution in [0.15, 0.2) is 27.6 Å². The summed E-state index contributed by atoms with van der Waals surface area (Å²) in [4.78, 5) is 16.3. The summed E-state index contributed by atoms with van der Waals surface area (Å²) in [6, 6.07) is 4.83. The van der Waals surface area contributed by atoms with Crippen molar-refractivity contribution >= 4 is 21.6 Å². The van der Waals surface area contributed by atoms with Gasteiger partial charge in [0.05, 0.1) is 4.90 Å². The van der Waals surface area contributed by atoms with Crippen LogP contribution >= 0.6 is 0 Å². The van der Waals surface area contributed by atoms with Crippen LogP contribution in [0.2, 0.25) is 0 Å². The fraction of sp³-hybridized carbons (Fsp3) is 0.438. The Hall–Kier alpha value is -2.26. The van der Waals surface area contributed by atoms with Crippen molar-refractivity contribution in [3.8, 4) is 0 Å². The number of aromatic nitrogens is 2. The van der Waals surface area contributed by atoms with Gasteiger partial charge < -0.3 is 9.84 Å². The minimum Gasteiger partial charge on any atom is -0.339 e. The highest BCUT2D eigenvalue weighted by Crippen LogP contribution is 2.22. The Kier molecular flexibility index (Phi) is 5.91. The van der Waals surface area contributed by atoms with E-state index in [1.807, 2.05) is 0 Å². The van der Waals surface area contributed by atoms with Crippen molar-refractivity contribution in [3.05, 3.63) is 35.5 Å². The van der Waals surface area contributed by atoms with Gasteiger partial charge in [0.25, 0.3) is 0 Å². The number of anilines is 1. The fourth-order valence-corrected chi connectivity index (χ4v) is 3.36. The van der Waals surface area contributed by atoms with Gasteiger partial charge in [0, 0.05) is 32.6 Å². The zero-order valence-corrected chi connectivity index (χ0v) is 15.6. The van der Waals surface area contributed by atoms with E-state index in [0.29, 0.717) is 35.8 Å². The maximum atomic E-state index is 12.3. The van der Waals surface area contributed by atoms with E-state index in [0.717, 1.165) is 4.31 Å². The van der Waals surface area contributed by atoms with Gasteiger partial charge in [0.1, 0.15) is 0 Å². The van der Waals surface area contributed by atoms with E-state index in [2.05, 4.69) is 15.5 Å². The maximum Gasteiger partial charge on any atom is 0.242 e. The zero-order valence-electron chi connectivity index (χ0n) is 14.7. The Morgan fingerprint density at radius 3 is 2.60 bits per heavy atom. The van der Waals surface area contributed by atoms with E-state index in [1.54, 1.807) is 26.0 Å². The second-order valence-corrected chi connectivity index (χ2v) is 8.03. The van der Waals surface area contributed by atoms with Gasteiger partial charge in [-0.1, -0.05) is 11.2 Å². The first-order valence-electron chi connectivity index (χ1n) is 7.82. The van der Waals surface area contributed by atoms with Crippen LogP contribution in [0.3, 0.4) is 0 Å². The van der Waals surface area contributed by atoms with Crippen molar-refractivity contribution in [3.63, 3.8) is 0 Å². The van der Waals surface area contributed by atoms with Crippen LogP contribution in [0.25, 0.3) is 0 Å². The molecule has 0 saturated heterocycles. The number of nitrogens with one attached hydrogen (secondary N) is 1. The molecule has 9 heteroatoms. The molecule has 1 aromatic heterocycles. The number of hydrogen-bond donors (Lipinski definition) is 1. The number of carbonyl (C=O) groups is 1. The number of benzene rings is 1. The summed E-state index contributed by atoms with van der Waals surface area (Å²) in [6.07, 6.45) is 1.34. The van der Waals surface area contributed by atoms with Crippen molar-refractivity contribution < 1.29 is 17.7 Å². The predicted molar refractivity (Wildman–Crippen MR) is 92.7 cm³/mol. The number of hydrogen-bond acceptors (Lipinski definition) is 6. The summed E-state index contributed by atoms with van der Waals surface area (Å²) < 4.78 is 30.8. The molecule has 0 bridgehead atoms. The van der Waals surface area contributed by atoms with Gasteiger partial charge in [-0.2, -0.15) is 4.98 Å². The fourth-order valence-electron chi connectivity index (χ4n) is 2.22. The highest BCUT2D eigenvalue weighted by Gasteiger charge is 2.20. The minimum atomic E-state index is -3.56. The van der Waals surface area contributed by atoms with Gasteiger partial charge in [-0.25, -0.2) is 12.7 Å². The van der Waals surface area contributed by atoms with Crippen LogP contribution in [0, 0.1) is 13.8 Å². The Morgan fingerprint density at radius 2 is 2.00 bits per heavy atom. The molecule has 0 radical (unpaired) electrons. The molecule has 8 nitrogen and oxygen atoms in total. The molecule has 0 atom stereocenters. The van der Waals surface area contributed by atoms with Gasteiger partial charge in [-0.15, -0.1) is 0 Å². The van der Waals surface area contributed by atoms with Crippen molar-refractivity contribution in [2.24, 2.45) is 0 Å². The Labute approximate surface area is 147 Å². The van der Waals surface area contributed by atoms with Crippen molar-refractivity contribution in [2.45, 2.75) is 38.0 Å². The van der Waals surface area contributed by atoms with Crippen LogP contribution in [0.4, 0.5) is 5.69 Å². The second-order valence-electron chi connectivity index (χ2n) is 5.90. The second kappa shape index (κ2) is 7.75. The lowest BCUT2D eigenvalue weighted by Gasteiger charge is -2.15. The average Bonchev–Trinajstić information content (AvgIpc) is 2.94. The molecule has 0 saturated carbocycles. The Bertz CT molecular complexity index is 859. The van der Waals surface area contributed by atoms with Gasteiger partial charge in [0.2, 0.25) is 21.8 Å². The lowest BCUT2D eigenvalue weighted by Crippen LogP contribution is -2.23. The summed E-state index contributed by atoms with van der Waals surface area (Å²) >= 11 is 0. The van der Waals surface area contributed by atoms with Gasteiger partial charge in [0.15, 0.2) is 5.82 Å². The van der Waals surface area contributed by atoms with Gasteiger partial charge >= 0.3 is 0 Å². The Balaban J connectivity index is 1.99. The molecule has 136 valence electrons. The molecular formula is C16H22N4O4S. The molecule has 0 unspecified atom stereocenters. The summed E-state index contributed by atoms with van der Waals surface area (Å²) in [5, 5.41) is 6.41. The molecule has 0 aliphatic rings. The zero-order chi connectivity index (χ0) is 18.6. The minimum absolute atomic E-state index is 0.177. The predicted octanol–water partition coefficient (Wildman–Crippen LogP) is 1.90. The standard InChI is InChI=1S/C16H22N4O4S/c1-11-8-9-13(10-14(11)25(22,23)20(3)4)18-15(21)6-5-7-16-17-12(2)19-24-16/h8-10H,5-7H2,1-4H3,(H,18,21). The number of nitrogens with zero attached hydrogens (tertiary/aromatic N) is 3. The number of rotatable bonds is 7. The quantitative estimate of drug-likeness (QED) is 0.802. The highest BCUT2D eigenvalue weighted by atomic mass is 32.2. The number of sulfonamides is 1. The third-order valence-electron chi connectivity index (χ3n) is 3.59. The molecule has 2 rings (SSSR count). The van der Waals surface area contributed by atoms with E-state index in [1.165, 1.54) is 20.2 Å². The highest BCUT2D eigenvalue weighted by molar-refractivity contribution is 7.89. The maximum absolute atomic E-state index is 12.3. The largest absolute Gasteiger partial charge is 0.339 e. The summed E-state index contributed by atoms with van der Waals surface area (Å²) in [5.41, 5.74) is 1.07. The molecule has 2 aromatic rings. The molecule has 0 fully saturated rings. The normalized spacial score (nSPS) is 11.7. The summed E-state index contributed by atoms with van der Waals surface area (Å²) in [5.74, 6) is 0.863. The molecule has 1 amide bonds. The SMILES string of the molecule is Cc1noc(CCCC(=O)Nc2ccc(C)c(S(=O)(=O)N(C)C)c2)n1. The van der Waals surface area contributed by atoms with Crippen LogP contribution in [0.5, 0.6) is 0 Å². The average molecular weight is 366 g/mol. The van der Waals surface area contributed by atoms with E-state index < -0.39 is 10.0 Å². The third-order valence-corrected chi connectivity index (χ3v) is 5.55. The molecular weight excluding hydrogens is 344 g/mol. The first-order valence-corrected chi connectivity index (χ1v) is 9.26. The molecule has 25 heavy (non-hydrogen) atoms. The van der Waals surface area contributed by atoms with Crippen molar-refractivity contribution in [1.29, 1.82) is 0 Å². The van der Waals surface area contributed by atoms with E-state index >= 15 is 0 Å². The molecule has 1 heterocycles. The van der Waals surface area contributed by atoms with E-state index in [9.17, 15) is 13.2 Å². The van der Waals surface area contributed by atoms with Crippen molar-refractivity contribution in [1.82, 2.24) is 14.4 Å². The Morgan fingerprint density at radius 1 is 1.28 bits per heavy atom. The van der Waals surface area contributed by atoms with Crippen LogP contribution < -0.4 is 5.32 Å². The first kappa shape index (κ1) is 19.1. The van der Waals surface area contributed by atoms with Crippen LogP contribution in [0.1, 0.15) is 30.1 Å². The van der Waals surface area contributed by atoms with Gasteiger partial charge in [-0.3, -0.25) is 4.79 Å². The smallest absolute Gasteiger partial charge is 0.242 e. The lowest BCUT2D eigenvalue weighted by molar-refractivity contribution is -0.116. The molecule has 0 aliphatic heterocycles.